The van der Waals surface area contributed by atoms with E-state index in [1.807, 2.05) is 19.1 Å². The molecule has 78 valence electrons. The topological polar surface area (TPSA) is 12.9 Å². The molecule has 0 N–H and O–H groups in total. The molecule has 0 amide bonds. The van der Waals surface area contributed by atoms with Gasteiger partial charge in [0, 0.05) is 23.2 Å². The Morgan fingerprint density at radius 3 is 2.21 bits per heavy atom. The van der Waals surface area contributed by atoms with Crippen LogP contribution in [0.1, 0.15) is 32.4 Å². The first-order valence-corrected chi connectivity index (χ1v) is 5.59. The predicted molar refractivity (Wildman–Crippen MR) is 62.1 cm³/mol. The van der Waals surface area contributed by atoms with E-state index in [2.05, 4.69) is 18.8 Å². The maximum atomic E-state index is 6.14. The highest BCUT2D eigenvalue weighted by Crippen LogP contribution is 2.29. The van der Waals surface area contributed by atoms with Crippen molar-refractivity contribution in [3.05, 3.63) is 29.0 Å². The molecule has 0 saturated heterocycles. The zero-order chi connectivity index (χ0) is 10.7. The normalized spacial score (nSPS) is 15.6. The summed E-state index contributed by atoms with van der Waals surface area (Å²) in [6.45, 7) is 6.31. The van der Waals surface area contributed by atoms with Crippen molar-refractivity contribution < 1.29 is 0 Å². The second-order valence-corrected chi connectivity index (χ2v) is 4.97. The highest BCUT2D eigenvalue weighted by molar-refractivity contribution is 6.30. The van der Waals surface area contributed by atoms with Gasteiger partial charge in [-0.25, -0.2) is 0 Å². The van der Waals surface area contributed by atoms with E-state index < -0.39 is 0 Å². The highest BCUT2D eigenvalue weighted by Gasteiger charge is 2.22. The molecule has 2 atom stereocenters. The lowest BCUT2D eigenvalue weighted by Gasteiger charge is -2.22. The second-order valence-electron chi connectivity index (χ2n) is 3.85. The number of hydrogen-bond donors (Lipinski definition) is 0. The molecular weight excluding hydrogens is 217 g/mol. The summed E-state index contributed by atoms with van der Waals surface area (Å²) in [6, 6.07) is 3.81. The van der Waals surface area contributed by atoms with Crippen LogP contribution in [0, 0.1) is 5.92 Å². The van der Waals surface area contributed by atoms with Gasteiger partial charge in [-0.3, -0.25) is 4.98 Å². The molecule has 0 radical (unpaired) electrons. The van der Waals surface area contributed by atoms with Gasteiger partial charge in [-0.1, -0.05) is 25.4 Å². The van der Waals surface area contributed by atoms with Gasteiger partial charge in [0.15, 0.2) is 0 Å². The molecule has 1 aromatic rings. The zero-order valence-corrected chi connectivity index (χ0v) is 10.2. The minimum absolute atomic E-state index is 0.0867. The third kappa shape index (κ3) is 2.86. The number of aromatic nitrogens is 1. The summed E-state index contributed by atoms with van der Waals surface area (Å²) in [5.41, 5.74) is 1.02. The summed E-state index contributed by atoms with van der Waals surface area (Å²) in [5, 5.41) is 0.752. The molecule has 0 aliphatic heterocycles. The van der Waals surface area contributed by atoms with E-state index in [-0.39, 0.29) is 11.3 Å². The van der Waals surface area contributed by atoms with Gasteiger partial charge in [0.2, 0.25) is 0 Å². The highest BCUT2D eigenvalue weighted by atomic mass is 35.5. The third-order valence-electron chi connectivity index (χ3n) is 2.30. The Morgan fingerprint density at radius 1 is 1.21 bits per heavy atom. The maximum absolute atomic E-state index is 6.14. The first kappa shape index (κ1) is 11.8. The van der Waals surface area contributed by atoms with Crippen molar-refractivity contribution in [3.8, 4) is 0 Å². The first-order chi connectivity index (χ1) is 6.52. The molecule has 0 aliphatic rings. The smallest absolute Gasteiger partial charge is 0.0589 e. The van der Waals surface area contributed by atoms with Crippen LogP contribution in [-0.4, -0.2) is 10.4 Å². The molecule has 0 aliphatic carbocycles. The van der Waals surface area contributed by atoms with Gasteiger partial charge in [-0.15, -0.1) is 11.6 Å². The molecule has 0 bridgehead atoms. The van der Waals surface area contributed by atoms with Crippen molar-refractivity contribution >= 4 is 23.2 Å². The Labute approximate surface area is 95.4 Å². The van der Waals surface area contributed by atoms with Crippen LogP contribution in [-0.2, 0) is 0 Å². The number of alkyl halides is 1. The van der Waals surface area contributed by atoms with Crippen LogP contribution in [0.4, 0.5) is 0 Å². The number of hydrogen-bond acceptors (Lipinski definition) is 1. The van der Waals surface area contributed by atoms with Crippen LogP contribution in [0.2, 0.25) is 5.02 Å². The van der Waals surface area contributed by atoms with Gasteiger partial charge < -0.3 is 0 Å². The fraction of sp³-hybridized carbons (Fsp3) is 0.545. The maximum Gasteiger partial charge on any atom is 0.0589 e. The first-order valence-electron chi connectivity index (χ1n) is 4.78. The largest absolute Gasteiger partial charge is 0.259 e. The number of nitrogens with zero attached hydrogens (tertiary/aromatic N) is 1. The third-order valence-corrected chi connectivity index (χ3v) is 2.80. The Morgan fingerprint density at radius 2 is 1.86 bits per heavy atom. The average Bonchev–Trinajstić information content (AvgIpc) is 2.07. The van der Waals surface area contributed by atoms with Crippen LogP contribution in [0.25, 0.3) is 0 Å². The number of rotatable bonds is 3. The lowest BCUT2D eigenvalue weighted by molar-refractivity contribution is 0.480. The molecule has 0 fully saturated rings. The van der Waals surface area contributed by atoms with Gasteiger partial charge in [0.05, 0.1) is 5.02 Å². The number of halogens is 2. The molecule has 1 heterocycles. The van der Waals surface area contributed by atoms with Crippen molar-refractivity contribution in [3.63, 3.8) is 0 Å². The van der Waals surface area contributed by atoms with Crippen molar-refractivity contribution in [1.29, 1.82) is 0 Å². The summed E-state index contributed by atoms with van der Waals surface area (Å²) < 4.78 is 0. The molecule has 3 heteroatoms. The van der Waals surface area contributed by atoms with Crippen molar-refractivity contribution in [2.75, 3.05) is 0 Å². The fourth-order valence-corrected chi connectivity index (χ4v) is 2.22. The zero-order valence-electron chi connectivity index (χ0n) is 8.67. The lowest BCUT2D eigenvalue weighted by Crippen LogP contribution is -2.17. The monoisotopic (exact) mass is 231 g/mol. The Hall–Kier alpha value is -0.270. The van der Waals surface area contributed by atoms with Gasteiger partial charge in [0.1, 0.15) is 0 Å². The summed E-state index contributed by atoms with van der Waals surface area (Å²) in [5.74, 6) is 0.769. The molecule has 14 heavy (non-hydrogen) atoms. The van der Waals surface area contributed by atoms with Crippen LogP contribution < -0.4 is 0 Å². The molecule has 0 aromatic carbocycles. The van der Waals surface area contributed by atoms with Crippen LogP contribution in [0.5, 0.6) is 0 Å². The fourth-order valence-electron chi connectivity index (χ4n) is 1.69. The van der Waals surface area contributed by atoms with E-state index in [0.717, 1.165) is 5.69 Å². The summed E-state index contributed by atoms with van der Waals surface area (Å²) in [4.78, 5) is 4.30. The van der Waals surface area contributed by atoms with Crippen molar-refractivity contribution in [2.24, 2.45) is 5.92 Å². The van der Waals surface area contributed by atoms with E-state index in [0.29, 0.717) is 10.9 Å². The lowest BCUT2D eigenvalue weighted by atomic mass is 9.89. The van der Waals surface area contributed by atoms with Crippen LogP contribution in [0.15, 0.2) is 18.3 Å². The minimum atomic E-state index is 0.0867. The molecule has 1 nitrogen and oxygen atoms in total. The molecule has 1 aromatic heterocycles. The van der Waals surface area contributed by atoms with E-state index in [4.69, 9.17) is 23.2 Å². The van der Waals surface area contributed by atoms with Gasteiger partial charge in [0.25, 0.3) is 0 Å². The summed E-state index contributed by atoms with van der Waals surface area (Å²) in [7, 11) is 0. The van der Waals surface area contributed by atoms with Gasteiger partial charge in [-0.2, -0.15) is 0 Å². The molecular formula is C11H15Cl2N. The molecule has 1 rings (SSSR count). The van der Waals surface area contributed by atoms with Crippen LogP contribution in [0.3, 0.4) is 0 Å². The number of pyridine rings is 1. The predicted octanol–water partition coefficient (Wildman–Crippen LogP) is 4.10. The molecule has 2 unspecified atom stereocenters. The SMILES string of the molecule is CC(C)C(c1ccc(Cl)cn1)C(C)Cl. The molecule has 0 saturated carbocycles. The van der Waals surface area contributed by atoms with Crippen LogP contribution >= 0.6 is 23.2 Å². The quantitative estimate of drug-likeness (QED) is 0.715. The summed E-state index contributed by atoms with van der Waals surface area (Å²) >= 11 is 11.9. The second kappa shape index (κ2) is 4.99. The Kier molecular flexibility index (Phi) is 4.21. The van der Waals surface area contributed by atoms with E-state index in [9.17, 15) is 0 Å². The Bertz CT molecular complexity index is 272. The standard InChI is InChI=1S/C11H15Cl2N/c1-7(2)11(8(3)12)10-5-4-9(13)6-14-10/h4-8,11H,1-3H3. The van der Waals surface area contributed by atoms with Gasteiger partial charge in [-0.05, 0) is 25.0 Å². The van der Waals surface area contributed by atoms with E-state index in [1.54, 1.807) is 6.20 Å². The minimum Gasteiger partial charge on any atom is -0.259 e. The van der Waals surface area contributed by atoms with E-state index in [1.165, 1.54) is 0 Å². The van der Waals surface area contributed by atoms with Crippen molar-refractivity contribution in [1.82, 2.24) is 4.98 Å². The van der Waals surface area contributed by atoms with E-state index >= 15 is 0 Å². The van der Waals surface area contributed by atoms with Gasteiger partial charge >= 0.3 is 0 Å². The Balaban J connectivity index is 2.94. The van der Waals surface area contributed by atoms with Crippen molar-refractivity contribution in [2.45, 2.75) is 32.1 Å². The average molecular weight is 232 g/mol. The molecule has 0 spiro atoms. The summed E-state index contributed by atoms with van der Waals surface area (Å²) in [6.07, 6.45) is 1.67.